The van der Waals surface area contributed by atoms with Gasteiger partial charge in [0.25, 0.3) is 0 Å². The Balaban J connectivity index is 2.88. The van der Waals surface area contributed by atoms with Crippen LogP contribution in [0.3, 0.4) is 0 Å². The SMILES string of the molecule is Nc1c(Cl)ccc(OCC(=O)O)c1Cl. The molecule has 4 nitrogen and oxygen atoms in total. The molecule has 14 heavy (non-hydrogen) atoms. The van der Waals surface area contributed by atoms with Crippen molar-refractivity contribution in [3.63, 3.8) is 0 Å². The van der Waals surface area contributed by atoms with Crippen LogP contribution in [-0.4, -0.2) is 17.7 Å². The Morgan fingerprint density at radius 1 is 1.50 bits per heavy atom. The van der Waals surface area contributed by atoms with E-state index in [1.807, 2.05) is 0 Å². The fourth-order valence-electron chi connectivity index (χ4n) is 0.800. The maximum atomic E-state index is 10.2. The molecule has 0 fully saturated rings. The van der Waals surface area contributed by atoms with Crippen molar-refractivity contribution in [2.45, 2.75) is 0 Å². The average molecular weight is 236 g/mol. The van der Waals surface area contributed by atoms with Crippen LogP contribution in [0.25, 0.3) is 0 Å². The minimum Gasteiger partial charge on any atom is -0.480 e. The van der Waals surface area contributed by atoms with E-state index in [-0.39, 0.29) is 16.5 Å². The van der Waals surface area contributed by atoms with Crippen LogP contribution in [0.1, 0.15) is 0 Å². The number of hydrogen-bond donors (Lipinski definition) is 2. The molecule has 0 saturated heterocycles. The molecule has 0 aromatic heterocycles. The minimum atomic E-state index is -1.09. The van der Waals surface area contributed by atoms with E-state index in [1.165, 1.54) is 12.1 Å². The van der Waals surface area contributed by atoms with Gasteiger partial charge in [-0.25, -0.2) is 4.79 Å². The van der Waals surface area contributed by atoms with Crippen LogP contribution in [0.15, 0.2) is 12.1 Å². The van der Waals surface area contributed by atoms with Crippen molar-refractivity contribution in [1.82, 2.24) is 0 Å². The second-order valence-electron chi connectivity index (χ2n) is 2.46. The van der Waals surface area contributed by atoms with E-state index < -0.39 is 12.6 Å². The molecule has 0 aliphatic rings. The van der Waals surface area contributed by atoms with Gasteiger partial charge in [0.1, 0.15) is 10.8 Å². The lowest BCUT2D eigenvalue weighted by Crippen LogP contribution is -2.09. The van der Waals surface area contributed by atoms with Crippen LogP contribution in [0.4, 0.5) is 5.69 Å². The molecule has 0 atom stereocenters. The number of anilines is 1. The lowest BCUT2D eigenvalue weighted by Gasteiger charge is -2.08. The number of hydrogen-bond acceptors (Lipinski definition) is 3. The van der Waals surface area contributed by atoms with Crippen molar-refractivity contribution in [3.8, 4) is 5.75 Å². The highest BCUT2D eigenvalue weighted by Crippen LogP contribution is 2.35. The molecule has 0 bridgehead atoms. The summed E-state index contributed by atoms with van der Waals surface area (Å²) in [5.74, 6) is -0.884. The van der Waals surface area contributed by atoms with E-state index in [0.717, 1.165) is 0 Å². The van der Waals surface area contributed by atoms with Crippen molar-refractivity contribution in [2.75, 3.05) is 12.3 Å². The number of aliphatic carboxylic acids is 1. The van der Waals surface area contributed by atoms with Crippen LogP contribution < -0.4 is 10.5 Å². The number of nitrogen functional groups attached to an aromatic ring is 1. The summed E-state index contributed by atoms with van der Waals surface area (Å²) in [4.78, 5) is 10.2. The van der Waals surface area contributed by atoms with Crippen LogP contribution in [-0.2, 0) is 4.79 Å². The molecule has 0 amide bonds. The van der Waals surface area contributed by atoms with Crippen molar-refractivity contribution in [1.29, 1.82) is 0 Å². The van der Waals surface area contributed by atoms with Crippen LogP contribution >= 0.6 is 23.2 Å². The summed E-state index contributed by atoms with van der Waals surface area (Å²) >= 11 is 11.4. The second-order valence-corrected chi connectivity index (χ2v) is 3.24. The van der Waals surface area contributed by atoms with E-state index in [0.29, 0.717) is 5.02 Å². The summed E-state index contributed by atoms with van der Waals surface area (Å²) in [5, 5.41) is 8.79. The Morgan fingerprint density at radius 2 is 2.14 bits per heavy atom. The topological polar surface area (TPSA) is 72.5 Å². The monoisotopic (exact) mass is 235 g/mol. The van der Waals surface area contributed by atoms with E-state index in [1.54, 1.807) is 0 Å². The molecule has 0 radical (unpaired) electrons. The molecule has 0 spiro atoms. The van der Waals surface area contributed by atoms with Gasteiger partial charge in [0.15, 0.2) is 6.61 Å². The predicted octanol–water partition coefficient (Wildman–Crippen LogP) is 2.04. The molecular weight excluding hydrogens is 229 g/mol. The summed E-state index contributed by atoms with van der Waals surface area (Å²) in [6.07, 6.45) is 0. The second kappa shape index (κ2) is 4.39. The summed E-state index contributed by atoms with van der Waals surface area (Å²) in [7, 11) is 0. The smallest absolute Gasteiger partial charge is 0.341 e. The lowest BCUT2D eigenvalue weighted by molar-refractivity contribution is -0.139. The molecule has 0 heterocycles. The molecule has 0 aliphatic carbocycles. The molecule has 1 aromatic rings. The molecule has 0 unspecified atom stereocenters. The van der Waals surface area contributed by atoms with Gasteiger partial charge in [-0.15, -0.1) is 0 Å². The third-order valence-corrected chi connectivity index (χ3v) is 2.16. The molecule has 76 valence electrons. The highest BCUT2D eigenvalue weighted by atomic mass is 35.5. The van der Waals surface area contributed by atoms with Crippen molar-refractivity contribution in [2.24, 2.45) is 0 Å². The number of ether oxygens (including phenoxy) is 1. The highest BCUT2D eigenvalue weighted by molar-refractivity contribution is 6.39. The maximum absolute atomic E-state index is 10.2. The first-order valence-electron chi connectivity index (χ1n) is 3.60. The van der Waals surface area contributed by atoms with Gasteiger partial charge in [0, 0.05) is 0 Å². The van der Waals surface area contributed by atoms with Crippen molar-refractivity contribution >= 4 is 34.9 Å². The van der Waals surface area contributed by atoms with Crippen LogP contribution in [0, 0.1) is 0 Å². The molecule has 1 aromatic carbocycles. The Morgan fingerprint density at radius 3 is 2.71 bits per heavy atom. The van der Waals surface area contributed by atoms with Gasteiger partial charge in [-0.2, -0.15) is 0 Å². The van der Waals surface area contributed by atoms with Gasteiger partial charge >= 0.3 is 5.97 Å². The number of carboxylic acid groups (broad SMARTS) is 1. The van der Waals surface area contributed by atoms with Crippen molar-refractivity contribution in [3.05, 3.63) is 22.2 Å². The van der Waals surface area contributed by atoms with Gasteiger partial charge in [0.2, 0.25) is 0 Å². The van der Waals surface area contributed by atoms with Crippen molar-refractivity contribution < 1.29 is 14.6 Å². The molecule has 3 N–H and O–H groups in total. The van der Waals surface area contributed by atoms with Gasteiger partial charge in [-0.05, 0) is 12.1 Å². The Labute approximate surface area is 90.2 Å². The van der Waals surface area contributed by atoms with E-state index in [2.05, 4.69) is 0 Å². The highest BCUT2D eigenvalue weighted by Gasteiger charge is 2.09. The predicted molar refractivity (Wildman–Crippen MR) is 54.0 cm³/mol. The molecule has 0 aliphatic heterocycles. The molecule has 1 rings (SSSR count). The standard InChI is InChI=1S/C8H7Cl2NO3/c9-4-1-2-5(7(10)8(4)11)14-3-6(12)13/h1-2H,3,11H2,(H,12,13). The largest absolute Gasteiger partial charge is 0.480 e. The first kappa shape index (κ1) is 10.9. The number of nitrogens with two attached hydrogens (primary N) is 1. The fraction of sp³-hybridized carbons (Fsp3) is 0.125. The summed E-state index contributed by atoms with van der Waals surface area (Å²) in [6, 6.07) is 2.95. The van der Waals surface area contributed by atoms with E-state index >= 15 is 0 Å². The van der Waals surface area contributed by atoms with Gasteiger partial charge in [-0.1, -0.05) is 23.2 Å². The van der Waals surface area contributed by atoms with Crippen LogP contribution in [0.5, 0.6) is 5.75 Å². The number of carboxylic acids is 1. The normalized spacial score (nSPS) is 9.86. The van der Waals surface area contributed by atoms with Gasteiger partial charge in [0.05, 0.1) is 10.7 Å². The Kier molecular flexibility index (Phi) is 3.43. The fourth-order valence-corrected chi connectivity index (χ4v) is 1.23. The minimum absolute atomic E-state index is 0.124. The number of carbonyl (C=O) groups is 1. The van der Waals surface area contributed by atoms with Gasteiger partial charge in [-0.3, -0.25) is 0 Å². The first-order chi connectivity index (χ1) is 6.52. The molecule has 0 saturated carbocycles. The zero-order chi connectivity index (χ0) is 10.7. The maximum Gasteiger partial charge on any atom is 0.341 e. The summed E-state index contributed by atoms with van der Waals surface area (Å²) in [5.41, 5.74) is 5.67. The molecular formula is C8H7Cl2NO3. The zero-order valence-electron chi connectivity index (χ0n) is 6.96. The third kappa shape index (κ3) is 2.43. The average Bonchev–Trinajstić information content (AvgIpc) is 2.13. The van der Waals surface area contributed by atoms with E-state index in [4.69, 9.17) is 38.8 Å². The third-order valence-electron chi connectivity index (χ3n) is 1.44. The quantitative estimate of drug-likeness (QED) is 0.787. The number of benzene rings is 1. The summed E-state index contributed by atoms with van der Waals surface area (Å²) in [6.45, 7) is -0.471. The lowest BCUT2D eigenvalue weighted by atomic mass is 10.3. The van der Waals surface area contributed by atoms with Gasteiger partial charge < -0.3 is 15.6 Å². The number of halogens is 2. The first-order valence-corrected chi connectivity index (χ1v) is 4.36. The number of rotatable bonds is 3. The molecule has 6 heteroatoms. The summed E-state index contributed by atoms with van der Waals surface area (Å²) < 4.78 is 4.86. The Bertz CT molecular complexity index is 368. The Hall–Kier alpha value is -1.13. The van der Waals surface area contributed by atoms with Crippen LogP contribution in [0.2, 0.25) is 10.0 Å². The zero-order valence-corrected chi connectivity index (χ0v) is 8.47. The van der Waals surface area contributed by atoms with E-state index in [9.17, 15) is 4.79 Å².